The Labute approximate surface area is 145 Å². The number of ether oxygens (including phenoxy) is 1. The van der Waals surface area contributed by atoms with Gasteiger partial charge in [-0.3, -0.25) is 4.57 Å². The summed E-state index contributed by atoms with van der Waals surface area (Å²) in [7, 11) is 1.98. The van der Waals surface area contributed by atoms with Gasteiger partial charge in [0.1, 0.15) is 5.60 Å². The third-order valence-corrected chi connectivity index (χ3v) is 5.56. The van der Waals surface area contributed by atoms with Gasteiger partial charge in [0.25, 0.3) is 0 Å². The Morgan fingerprint density at radius 3 is 2.76 bits per heavy atom. The first-order chi connectivity index (χ1) is 11.8. The number of rotatable bonds is 4. The van der Waals surface area contributed by atoms with Crippen molar-refractivity contribution in [1.29, 1.82) is 0 Å². The second-order valence-corrected chi connectivity index (χ2v) is 7.30. The third-order valence-electron chi connectivity index (χ3n) is 5.56. The lowest BCUT2D eigenvalue weighted by Crippen LogP contribution is -2.38. The molecule has 4 N–H and O–H groups in total. The maximum Gasteiger partial charge on any atom is 0.224 e. The van der Waals surface area contributed by atoms with Crippen LogP contribution in [-0.4, -0.2) is 61.1 Å². The molecule has 136 valence electrons. The molecule has 1 aliphatic carbocycles. The Bertz CT molecular complexity index is 803. The summed E-state index contributed by atoms with van der Waals surface area (Å²) in [5.74, 6) is 0.599. The fourth-order valence-electron chi connectivity index (χ4n) is 3.54. The number of hydrogen-bond donors (Lipinski definition) is 3. The highest BCUT2D eigenvalue weighted by Gasteiger charge is 2.51. The lowest BCUT2D eigenvalue weighted by atomic mass is 9.88. The summed E-state index contributed by atoms with van der Waals surface area (Å²) >= 11 is 0. The first-order valence-corrected chi connectivity index (χ1v) is 8.56. The Balaban J connectivity index is 1.81. The molecule has 0 amide bonds. The van der Waals surface area contributed by atoms with E-state index in [4.69, 9.17) is 10.5 Å². The quantitative estimate of drug-likeness (QED) is 0.720. The van der Waals surface area contributed by atoms with E-state index in [2.05, 4.69) is 19.9 Å². The molecular formula is C16H24N6O3. The highest BCUT2D eigenvalue weighted by atomic mass is 16.5. The van der Waals surface area contributed by atoms with E-state index in [-0.39, 0.29) is 18.5 Å². The minimum Gasteiger partial charge on any atom is -0.394 e. The molecule has 0 bridgehead atoms. The van der Waals surface area contributed by atoms with Crippen LogP contribution in [0.5, 0.6) is 0 Å². The van der Waals surface area contributed by atoms with E-state index < -0.39 is 17.9 Å². The summed E-state index contributed by atoms with van der Waals surface area (Å²) in [5.41, 5.74) is 5.89. The minimum atomic E-state index is -1.18. The number of aromatic nitrogens is 4. The summed E-state index contributed by atoms with van der Waals surface area (Å²) < 4.78 is 7.58. The fourth-order valence-corrected chi connectivity index (χ4v) is 3.54. The number of imidazole rings is 1. The molecule has 0 radical (unpaired) electrons. The summed E-state index contributed by atoms with van der Waals surface area (Å²) in [6, 6.07) is 0.451. The van der Waals surface area contributed by atoms with E-state index in [0.29, 0.717) is 23.0 Å². The Kier molecular flexibility index (Phi) is 3.64. The van der Waals surface area contributed by atoms with Gasteiger partial charge in [0.15, 0.2) is 23.2 Å². The molecule has 25 heavy (non-hydrogen) atoms. The van der Waals surface area contributed by atoms with Crippen molar-refractivity contribution in [3.8, 4) is 0 Å². The van der Waals surface area contributed by atoms with E-state index in [1.807, 2.05) is 14.0 Å². The van der Waals surface area contributed by atoms with Gasteiger partial charge in [0, 0.05) is 19.0 Å². The summed E-state index contributed by atoms with van der Waals surface area (Å²) in [6.07, 6.45) is 2.68. The van der Waals surface area contributed by atoms with Crippen LogP contribution in [0.25, 0.3) is 11.2 Å². The molecule has 2 fully saturated rings. The SMILES string of the molecule is C[C@@H]1[C@@H](CO)O[C@@H](n2cnc3c(N(C)C4CC4)nc(N)nc32)[C@]1(C)O. The first kappa shape index (κ1) is 16.5. The maximum absolute atomic E-state index is 10.9. The number of aliphatic hydroxyl groups is 2. The molecule has 2 aromatic heterocycles. The number of hydrogen-bond acceptors (Lipinski definition) is 8. The summed E-state index contributed by atoms with van der Waals surface area (Å²) in [6.45, 7) is 3.40. The van der Waals surface area contributed by atoms with Crippen molar-refractivity contribution in [3.63, 3.8) is 0 Å². The molecule has 4 rings (SSSR count). The second kappa shape index (κ2) is 5.52. The van der Waals surface area contributed by atoms with Crippen molar-refractivity contribution >= 4 is 22.9 Å². The zero-order valence-electron chi connectivity index (χ0n) is 14.6. The van der Waals surface area contributed by atoms with E-state index in [1.54, 1.807) is 17.8 Å². The van der Waals surface area contributed by atoms with Crippen molar-refractivity contribution in [1.82, 2.24) is 19.5 Å². The predicted octanol–water partition coefficient (Wildman–Crippen LogP) is 0.284. The number of aliphatic hydroxyl groups excluding tert-OH is 1. The number of nitrogen functional groups attached to an aromatic ring is 1. The van der Waals surface area contributed by atoms with Gasteiger partial charge in [-0.25, -0.2) is 4.98 Å². The van der Waals surface area contributed by atoms with Crippen molar-refractivity contribution in [2.24, 2.45) is 5.92 Å². The predicted molar refractivity (Wildman–Crippen MR) is 91.9 cm³/mol. The lowest BCUT2D eigenvalue weighted by molar-refractivity contribution is -0.0876. The monoisotopic (exact) mass is 348 g/mol. The van der Waals surface area contributed by atoms with E-state index >= 15 is 0 Å². The first-order valence-electron chi connectivity index (χ1n) is 8.56. The van der Waals surface area contributed by atoms with Crippen LogP contribution >= 0.6 is 0 Å². The molecule has 4 atom stereocenters. The van der Waals surface area contributed by atoms with E-state index in [1.165, 1.54) is 0 Å². The molecule has 0 spiro atoms. The molecule has 3 heterocycles. The molecule has 9 nitrogen and oxygen atoms in total. The molecule has 2 aliphatic rings. The summed E-state index contributed by atoms with van der Waals surface area (Å²) in [5, 5.41) is 20.4. The average Bonchev–Trinajstić information content (AvgIpc) is 3.30. The zero-order chi connectivity index (χ0) is 17.9. The van der Waals surface area contributed by atoms with Gasteiger partial charge < -0.3 is 25.6 Å². The van der Waals surface area contributed by atoms with Gasteiger partial charge in [-0.05, 0) is 19.8 Å². The molecule has 1 saturated heterocycles. The average molecular weight is 348 g/mol. The van der Waals surface area contributed by atoms with Crippen LogP contribution in [0.1, 0.15) is 32.9 Å². The Morgan fingerprint density at radius 2 is 2.16 bits per heavy atom. The van der Waals surface area contributed by atoms with Gasteiger partial charge in [-0.15, -0.1) is 0 Å². The van der Waals surface area contributed by atoms with Crippen molar-refractivity contribution in [3.05, 3.63) is 6.33 Å². The molecule has 0 unspecified atom stereocenters. The topological polar surface area (TPSA) is 123 Å². The van der Waals surface area contributed by atoms with Gasteiger partial charge in [-0.1, -0.05) is 6.92 Å². The molecule has 1 saturated carbocycles. The summed E-state index contributed by atoms with van der Waals surface area (Å²) in [4.78, 5) is 15.2. The molecule has 2 aromatic rings. The fraction of sp³-hybridized carbons (Fsp3) is 0.688. The molecule has 9 heteroatoms. The van der Waals surface area contributed by atoms with Crippen molar-refractivity contribution in [2.75, 3.05) is 24.3 Å². The van der Waals surface area contributed by atoms with Gasteiger partial charge in [0.2, 0.25) is 5.95 Å². The van der Waals surface area contributed by atoms with Crippen LogP contribution in [0, 0.1) is 5.92 Å². The Hall–Kier alpha value is -1.97. The molecular weight excluding hydrogens is 324 g/mol. The number of anilines is 2. The number of nitrogens with zero attached hydrogens (tertiary/aromatic N) is 5. The van der Waals surface area contributed by atoms with E-state index in [0.717, 1.165) is 12.8 Å². The van der Waals surface area contributed by atoms with Crippen LogP contribution < -0.4 is 10.6 Å². The van der Waals surface area contributed by atoms with Crippen LogP contribution in [-0.2, 0) is 4.74 Å². The Morgan fingerprint density at radius 1 is 1.44 bits per heavy atom. The smallest absolute Gasteiger partial charge is 0.224 e. The normalized spacial score (nSPS) is 32.4. The van der Waals surface area contributed by atoms with Gasteiger partial charge in [0.05, 0.1) is 19.0 Å². The lowest BCUT2D eigenvalue weighted by Gasteiger charge is -2.28. The van der Waals surface area contributed by atoms with Crippen molar-refractivity contribution in [2.45, 2.75) is 50.7 Å². The minimum absolute atomic E-state index is 0.154. The third kappa shape index (κ3) is 2.45. The standard InChI is InChI=1S/C16H24N6O3/c1-8-10(6-23)25-14(16(8,2)24)22-7-18-11-12(21(3)9-4-5-9)19-15(17)20-13(11)22/h7-10,14,23-24H,4-6H2,1-3H3,(H2,17,19,20)/t8-,10-,14-,16-/m1/s1. The highest BCUT2D eigenvalue weighted by molar-refractivity contribution is 5.85. The van der Waals surface area contributed by atoms with Crippen LogP contribution in [0.15, 0.2) is 6.33 Å². The van der Waals surface area contributed by atoms with Crippen LogP contribution in [0.2, 0.25) is 0 Å². The molecule has 0 aromatic carbocycles. The van der Waals surface area contributed by atoms with E-state index in [9.17, 15) is 10.2 Å². The zero-order valence-corrected chi connectivity index (χ0v) is 14.6. The number of fused-ring (bicyclic) bond motifs is 1. The van der Waals surface area contributed by atoms with Crippen LogP contribution in [0.4, 0.5) is 11.8 Å². The second-order valence-electron chi connectivity index (χ2n) is 7.30. The number of nitrogens with two attached hydrogens (primary N) is 1. The van der Waals surface area contributed by atoms with Crippen LogP contribution in [0.3, 0.4) is 0 Å². The maximum atomic E-state index is 10.9. The highest BCUT2D eigenvalue weighted by Crippen LogP contribution is 2.43. The largest absolute Gasteiger partial charge is 0.394 e. The molecule has 1 aliphatic heterocycles. The van der Waals surface area contributed by atoms with Gasteiger partial charge in [-0.2, -0.15) is 9.97 Å². The van der Waals surface area contributed by atoms with Gasteiger partial charge >= 0.3 is 0 Å². The van der Waals surface area contributed by atoms with Crippen molar-refractivity contribution < 1.29 is 14.9 Å².